The van der Waals surface area contributed by atoms with Crippen LogP contribution < -0.4 is 0 Å². The van der Waals surface area contributed by atoms with E-state index in [0.29, 0.717) is 6.42 Å². The van der Waals surface area contributed by atoms with Gasteiger partial charge >= 0.3 is 0 Å². The minimum absolute atomic E-state index is 0.210. The first-order valence-corrected chi connectivity index (χ1v) is 5.35. The van der Waals surface area contributed by atoms with Crippen LogP contribution in [-0.4, -0.2) is 25.2 Å². The summed E-state index contributed by atoms with van der Waals surface area (Å²) >= 11 is 0. The normalized spacial score (nSPS) is 12.0. The topological polar surface area (TPSA) is 51.2 Å². The van der Waals surface area contributed by atoms with E-state index in [2.05, 4.69) is 0 Å². The van der Waals surface area contributed by atoms with Crippen molar-refractivity contribution in [1.29, 1.82) is 0 Å². The first-order valence-electron chi connectivity index (χ1n) is 3.63. The fourth-order valence-electron chi connectivity index (χ4n) is 0.493. The van der Waals surface area contributed by atoms with Crippen molar-refractivity contribution in [2.45, 2.75) is 32.4 Å². The van der Waals surface area contributed by atoms with E-state index in [-0.39, 0.29) is 11.5 Å². The van der Waals surface area contributed by atoms with Crippen LogP contribution in [0, 0.1) is 0 Å². The minimum Gasteiger partial charge on any atom is -0.299 e. The summed E-state index contributed by atoms with van der Waals surface area (Å²) in [6.07, 6.45) is 0.298. The Kier molecular flexibility index (Phi) is 3.72. The van der Waals surface area contributed by atoms with Crippen LogP contribution in [0.4, 0.5) is 0 Å². The summed E-state index contributed by atoms with van der Waals surface area (Å²) in [5.74, 6) is -0.514. The van der Waals surface area contributed by atoms with Crippen molar-refractivity contribution in [1.82, 2.24) is 0 Å². The lowest BCUT2D eigenvalue weighted by molar-refractivity contribution is -0.116. The molecule has 66 valence electrons. The molecule has 0 rings (SSSR count). The van der Waals surface area contributed by atoms with E-state index < -0.39 is 15.1 Å². The lowest BCUT2D eigenvalue weighted by atomic mass is 10.4. The van der Waals surface area contributed by atoms with Crippen molar-refractivity contribution >= 4 is 15.6 Å². The fourth-order valence-corrected chi connectivity index (χ4v) is 1.48. The highest BCUT2D eigenvalue weighted by molar-refractivity contribution is 7.92. The Morgan fingerprint density at radius 2 is 1.82 bits per heavy atom. The van der Waals surface area contributed by atoms with Gasteiger partial charge in [0.1, 0.15) is 11.5 Å². The Balaban J connectivity index is 4.27. The van der Waals surface area contributed by atoms with Gasteiger partial charge < -0.3 is 0 Å². The van der Waals surface area contributed by atoms with Crippen LogP contribution >= 0.6 is 0 Å². The minimum atomic E-state index is -3.16. The van der Waals surface area contributed by atoms with Gasteiger partial charge in [0, 0.05) is 6.42 Å². The molecule has 0 saturated heterocycles. The summed E-state index contributed by atoms with van der Waals surface area (Å²) in [6.45, 7) is 4.83. The van der Waals surface area contributed by atoms with Gasteiger partial charge in [0.25, 0.3) is 0 Å². The van der Waals surface area contributed by atoms with Crippen molar-refractivity contribution in [3.05, 3.63) is 0 Å². The molecule has 11 heavy (non-hydrogen) atoms. The fraction of sp³-hybridized carbons (Fsp3) is 0.857. The molecule has 3 nitrogen and oxygen atoms in total. The monoisotopic (exact) mass is 178 g/mol. The third-order valence-corrected chi connectivity index (χ3v) is 3.64. The second-order valence-electron chi connectivity index (χ2n) is 2.75. The van der Waals surface area contributed by atoms with Crippen LogP contribution in [0.15, 0.2) is 0 Å². The Morgan fingerprint density at radius 3 is 2.09 bits per heavy atom. The maximum Gasteiger partial charge on any atom is 0.159 e. The van der Waals surface area contributed by atoms with E-state index in [1.807, 2.05) is 0 Å². The second kappa shape index (κ2) is 3.85. The molecule has 0 aromatic rings. The third-order valence-electron chi connectivity index (χ3n) is 1.47. The Labute approximate surface area is 67.7 Å². The van der Waals surface area contributed by atoms with Crippen LogP contribution in [-0.2, 0) is 14.6 Å². The summed E-state index contributed by atoms with van der Waals surface area (Å²) in [5.41, 5.74) is 0. The number of carbonyl (C=O) groups is 1. The van der Waals surface area contributed by atoms with E-state index >= 15 is 0 Å². The maximum atomic E-state index is 11.1. The zero-order valence-corrected chi connectivity index (χ0v) is 7.94. The van der Waals surface area contributed by atoms with Crippen molar-refractivity contribution in [2.75, 3.05) is 5.75 Å². The molecular weight excluding hydrogens is 164 g/mol. The molecule has 0 aliphatic heterocycles. The van der Waals surface area contributed by atoms with Crippen LogP contribution in [0.5, 0.6) is 0 Å². The average Bonchev–Trinajstić information content (AvgIpc) is 1.86. The van der Waals surface area contributed by atoms with E-state index in [0.717, 1.165) is 0 Å². The number of ketones is 1. The molecule has 0 atom stereocenters. The molecular formula is C7H14O3S. The van der Waals surface area contributed by atoms with Crippen LogP contribution in [0.25, 0.3) is 0 Å². The van der Waals surface area contributed by atoms with Gasteiger partial charge in [-0.1, -0.05) is 6.92 Å². The number of hydrogen-bond acceptors (Lipinski definition) is 3. The Hall–Kier alpha value is -0.380. The molecule has 0 fully saturated rings. The standard InChI is InChI=1S/C7H14O3S/c1-4-7(8)5-11(9,10)6(2)3/h6H,4-5H2,1-3H3. The molecule has 0 bridgehead atoms. The zero-order chi connectivity index (χ0) is 9.07. The smallest absolute Gasteiger partial charge is 0.159 e. The summed E-state index contributed by atoms with van der Waals surface area (Å²) in [7, 11) is -3.16. The van der Waals surface area contributed by atoms with Crippen molar-refractivity contribution in [2.24, 2.45) is 0 Å². The van der Waals surface area contributed by atoms with E-state index in [9.17, 15) is 13.2 Å². The first-order chi connectivity index (χ1) is 4.90. The van der Waals surface area contributed by atoms with E-state index in [1.54, 1.807) is 20.8 Å². The molecule has 0 amide bonds. The quantitative estimate of drug-likeness (QED) is 0.639. The molecule has 0 saturated carbocycles. The SMILES string of the molecule is CCC(=O)CS(=O)(=O)C(C)C. The Bertz CT molecular complexity index is 226. The lowest BCUT2D eigenvalue weighted by Gasteiger charge is -2.04. The van der Waals surface area contributed by atoms with Crippen LogP contribution in [0.1, 0.15) is 27.2 Å². The van der Waals surface area contributed by atoms with Crippen LogP contribution in [0.3, 0.4) is 0 Å². The number of sulfone groups is 1. The highest BCUT2D eigenvalue weighted by Gasteiger charge is 2.18. The lowest BCUT2D eigenvalue weighted by Crippen LogP contribution is -2.22. The molecule has 0 aliphatic rings. The largest absolute Gasteiger partial charge is 0.299 e. The number of rotatable bonds is 4. The van der Waals surface area contributed by atoms with Gasteiger partial charge in [-0.2, -0.15) is 0 Å². The summed E-state index contributed by atoms with van der Waals surface area (Å²) < 4.78 is 22.2. The molecule has 0 spiro atoms. The summed E-state index contributed by atoms with van der Waals surface area (Å²) in [5, 5.41) is -0.446. The predicted molar refractivity (Wildman–Crippen MR) is 44.2 cm³/mol. The molecule has 0 radical (unpaired) electrons. The summed E-state index contributed by atoms with van der Waals surface area (Å²) in [4.78, 5) is 10.8. The van der Waals surface area contributed by atoms with Crippen molar-refractivity contribution in [3.8, 4) is 0 Å². The number of Topliss-reactive ketones (excluding diaryl/α,β-unsaturated/α-hetero) is 1. The Morgan fingerprint density at radius 1 is 1.36 bits per heavy atom. The molecule has 0 aromatic heterocycles. The number of carbonyl (C=O) groups excluding carboxylic acids is 1. The van der Waals surface area contributed by atoms with Gasteiger partial charge in [0.15, 0.2) is 9.84 Å². The number of hydrogen-bond donors (Lipinski definition) is 0. The summed E-state index contributed by atoms with van der Waals surface area (Å²) in [6, 6.07) is 0. The van der Waals surface area contributed by atoms with Gasteiger partial charge in [-0.15, -0.1) is 0 Å². The molecule has 0 unspecified atom stereocenters. The molecule has 0 heterocycles. The molecule has 0 aromatic carbocycles. The zero-order valence-electron chi connectivity index (χ0n) is 7.12. The average molecular weight is 178 g/mol. The predicted octanol–water partition coefficient (Wildman–Crippen LogP) is 0.789. The third kappa shape index (κ3) is 3.51. The maximum absolute atomic E-state index is 11.1. The molecule has 0 aliphatic carbocycles. The first kappa shape index (κ1) is 10.6. The highest BCUT2D eigenvalue weighted by atomic mass is 32.2. The highest BCUT2D eigenvalue weighted by Crippen LogP contribution is 2.01. The van der Waals surface area contributed by atoms with Gasteiger partial charge in [0.2, 0.25) is 0 Å². The van der Waals surface area contributed by atoms with Crippen molar-refractivity contribution < 1.29 is 13.2 Å². The van der Waals surface area contributed by atoms with Crippen LogP contribution in [0.2, 0.25) is 0 Å². The van der Waals surface area contributed by atoms with Gasteiger partial charge in [-0.3, -0.25) is 4.79 Å². The molecule has 4 heteroatoms. The molecule has 0 N–H and O–H groups in total. The van der Waals surface area contributed by atoms with E-state index in [4.69, 9.17) is 0 Å². The van der Waals surface area contributed by atoms with Gasteiger partial charge in [-0.25, -0.2) is 8.42 Å². The van der Waals surface area contributed by atoms with E-state index in [1.165, 1.54) is 0 Å². The van der Waals surface area contributed by atoms with Gasteiger partial charge in [0.05, 0.1) is 5.25 Å². The van der Waals surface area contributed by atoms with Gasteiger partial charge in [-0.05, 0) is 13.8 Å². The second-order valence-corrected chi connectivity index (χ2v) is 5.31. The van der Waals surface area contributed by atoms with Crippen molar-refractivity contribution in [3.63, 3.8) is 0 Å².